The van der Waals surface area contributed by atoms with Crippen LogP contribution in [-0.2, 0) is 7.05 Å². The Morgan fingerprint density at radius 2 is 0.661 bits per heavy atom. The average molecular weight is 1490 g/mol. The number of aromatic nitrogens is 8. The summed E-state index contributed by atoms with van der Waals surface area (Å²) in [4.78, 5) is 31.8. The summed E-state index contributed by atoms with van der Waals surface area (Å²) < 4.78 is 7.34. The number of hydrogen-bond donors (Lipinski definition) is 0. The summed E-state index contributed by atoms with van der Waals surface area (Å²) in [6, 6.07) is 69.9. The van der Waals surface area contributed by atoms with Gasteiger partial charge in [-0.3, -0.25) is 9.97 Å². The molecule has 0 saturated carbocycles. The van der Waals surface area contributed by atoms with Crippen LogP contribution in [0.1, 0.15) is 222 Å². The molecule has 0 spiro atoms. The fourth-order valence-corrected chi connectivity index (χ4v) is 11.4. The van der Waals surface area contributed by atoms with Crippen molar-refractivity contribution in [2.45, 2.75) is 242 Å². The first-order valence-corrected chi connectivity index (χ1v) is 40.9. The lowest BCUT2D eigenvalue weighted by molar-refractivity contribution is 0.504. The van der Waals surface area contributed by atoms with Crippen LogP contribution >= 0.6 is 11.3 Å². The largest absolute Gasteiger partial charge is 0.467 e. The molecule has 590 valence electrons. The molecule has 7 aromatic heterocycles. The van der Waals surface area contributed by atoms with E-state index in [1.165, 1.54) is 97.8 Å². The summed E-state index contributed by atoms with van der Waals surface area (Å²) in [7, 11) is 2.12. The molecule has 0 amide bonds. The molecule has 0 saturated heterocycles. The second-order valence-corrected chi connectivity index (χ2v) is 24.0. The molecule has 0 bridgehead atoms. The average Bonchev–Trinajstić information content (AvgIpc) is 1.66. The van der Waals surface area contributed by atoms with Crippen molar-refractivity contribution in [2.75, 3.05) is 0 Å². The van der Waals surface area contributed by atoms with Crippen LogP contribution in [0.2, 0.25) is 0 Å². The zero-order chi connectivity index (χ0) is 83.7. The molecule has 0 fully saturated rings. The predicted molar refractivity (Wildman–Crippen MR) is 492 cm³/mol. The number of rotatable bonds is 0. The normalized spacial score (nSPS) is 9.10. The van der Waals surface area contributed by atoms with Crippen molar-refractivity contribution in [3.63, 3.8) is 0 Å². The van der Waals surface area contributed by atoms with Crippen molar-refractivity contribution in [1.29, 1.82) is 0 Å². The molecular formula is C99H142N8OS. The summed E-state index contributed by atoms with van der Waals surface area (Å²) in [5.74, 6) is 4.36. The van der Waals surface area contributed by atoms with Crippen LogP contribution in [0.15, 0.2) is 211 Å². The lowest BCUT2D eigenvalue weighted by atomic mass is 9.99. The lowest BCUT2D eigenvalue weighted by Crippen LogP contribution is -1.92. The number of aryl methyl sites for hydroxylation is 16. The second-order valence-electron chi connectivity index (χ2n) is 22.5. The van der Waals surface area contributed by atoms with Gasteiger partial charge in [-0.05, 0) is 203 Å². The van der Waals surface area contributed by atoms with Crippen molar-refractivity contribution in [3.05, 3.63) is 290 Å². The molecule has 0 atom stereocenters. The molecule has 9 nitrogen and oxygen atoms in total. The molecule has 0 aliphatic heterocycles. The minimum Gasteiger partial charge on any atom is -0.467 e. The number of nitrogens with zero attached hydrogens (tertiary/aromatic N) is 8. The number of benzene rings is 8. The molecule has 7 heterocycles. The van der Waals surface area contributed by atoms with Crippen molar-refractivity contribution in [1.82, 2.24) is 39.5 Å². The predicted octanol–water partition coefficient (Wildman–Crippen LogP) is 31.2. The van der Waals surface area contributed by atoms with E-state index in [9.17, 15) is 0 Å². The Morgan fingerprint density at radius 1 is 0.275 bits per heavy atom. The Hall–Kier alpha value is -9.77. The van der Waals surface area contributed by atoms with E-state index in [0.29, 0.717) is 0 Å². The van der Waals surface area contributed by atoms with Gasteiger partial charge in [0.05, 0.1) is 11.0 Å². The van der Waals surface area contributed by atoms with Gasteiger partial charge >= 0.3 is 0 Å². The molecule has 0 aliphatic rings. The molecule has 0 N–H and O–H groups in total. The maximum Gasteiger partial charge on any atom is 0.129 e. The molecule has 10 heteroatoms. The summed E-state index contributed by atoms with van der Waals surface area (Å²) in [5, 5.41) is 13.0. The molecule has 0 aliphatic carbocycles. The third-order valence-electron chi connectivity index (χ3n) is 14.8. The molecule has 15 rings (SSSR count). The molecule has 15 aromatic rings. The summed E-state index contributed by atoms with van der Waals surface area (Å²) in [6.45, 7) is 70.4. The van der Waals surface area contributed by atoms with Crippen molar-refractivity contribution >= 4 is 87.3 Å². The standard InChI is InChI=1S/C16H14.C14H13N.2C11H11N.C10H10N2.C6H8O.C6H8S.C5H7N3.10C2H6/c1-11-3-7-15-13(9-11)5-6-14-10-12(2)4-8-16(14)15;1-10-7-8-14-12(9-10)11-5-3-4-6-13(11)15(14)2;1-8-7-10-5-3-4-6-11(10)9(2)12-8;1-8-7-9(2)12-11-6-4-3-5-10(8)11;1-7-9-5-3-4-6-10(9)12-8(2)11-7;2*1-5-3-4-6(2)7-5;1-4-6-3-7-5(2)8-4;10*1-2/h3-10H,1-2H3;3-9H,1-2H3;2*3-7H,1-2H3;3-6H,1-2H3;2*3-4H,1-2H3;3H,1-2H3;10*1-2H3. The topological polar surface area (TPSA) is 108 Å². The Kier molecular flexibility index (Phi) is 58.0. The van der Waals surface area contributed by atoms with Crippen molar-refractivity contribution in [3.8, 4) is 0 Å². The zero-order valence-corrected chi connectivity index (χ0v) is 75.3. The van der Waals surface area contributed by atoms with E-state index in [4.69, 9.17) is 4.42 Å². The van der Waals surface area contributed by atoms with Gasteiger partial charge in [0.25, 0.3) is 0 Å². The van der Waals surface area contributed by atoms with Gasteiger partial charge in [0, 0.05) is 77.5 Å². The quantitative estimate of drug-likeness (QED) is 0.138. The summed E-state index contributed by atoms with van der Waals surface area (Å²) >= 11 is 1.84. The van der Waals surface area contributed by atoms with E-state index in [2.05, 4.69) is 241 Å². The van der Waals surface area contributed by atoms with Gasteiger partial charge < -0.3 is 8.98 Å². The van der Waals surface area contributed by atoms with Crippen molar-refractivity contribution < 1.29 is 4.42 Å². The number of thiophene rings is 1. The maximum atomic E-state index is 5.08. The zero-order valence-electron chi connectivity index (χ0n) is 74.5. The number of fused-ring (bicyclic) bond motifs is 9. The monoisotopic (exact) mass is 1490 g/mol. The highest BCUT2D eigenvalue weighted by Crippen LogP contribution is 2.29. The van der Waals surface area contributed by atoms with Crippen LogP contribution in [0.25, 0.3) is 75.9 Å². The minimum absolute atomic E-state index is 0.775. The van der Waals surface area contributed by atoms with Crippen LogP contribution in [0, 0.1) is 104 Å². The van der Waals surface area contributed by atoms with Gasteiger partial charge in [0.1, 0.15) is 35.3 Å². The Bertz CT molecular complexity index is 4500. The van der Waals surface area contributed by atoms with Crippen LogP contribution in [-0.4, -0.2) is 39.5 Å². The Morgan fingerprint density at radius 3 is 1.11 bits per heavy atom. The third kappa shape index (κ3) is 36.3. The maximum absolute atomic E-state index is 5.08. The van der Waals surface area contributed by atoms with Gasteiger partial charge in [0.15, 0.2) is 0 Å². The number of hydrogen-bond acceptors (Lipinski definition) is 9. The van der Waals surface area contributed by atoms with E-state index in [-0.39, 0.29) is 0 Å². The van der Waals surface area contributed by atoms with Gasteiger partial charge in [-0.1, -0.05) is 289 Å². The summed E-state index contributed by atoms with van der Waals surface area (Å²) in [5.41, 5.74) is 14.3. The van der Waals surface area contributed by atoms with E-state index < -0.39 is 0 Å². The number of furan rings is 1. The Labute approximate surface area is 666 Å². The first-order valence-electron chi connectivity index (χ1n) is 40.1. The molecule has 0 unspecified atom stereocenters. The van der Waals surface area contributed by atoms with E-state index >= 15 is 0 Å². The fraction of sp³-hybridized carbons (Fsp3) is 0.364. The summed E-state index contributed by atoms with van der Waals surface area (Å²) in [6.07, 6.45) is 1.51. The SMILES string of the molecule is CC.CC.CC.CC.CC.CC.CC.CC.CC.CC.Cc1cc(C)c2ccccc2n1.Cc1cc2ccccc2c(C)n1.Cc1ccc(C)o1.Cc1ccc(C)s1.Cc1ccc2c(c1)c1ccccc1n2C.Cc1ccc2c(ccc3cc(C)ccc32)c1.Cc1nc(C)c2ccccc2n1.Cc1ncnc(C)n1. The van der Waals surface area contributed by atoms with Crippen LogP contribution in [0.5, 0.6) is 0 Å². The fourth-order valence-electron chi connectivity index (χ4n) is 10.6. The molecule has 109 heavy (non-hydrogen) atoms. The van der Waals surface area contributed by atoms with Crippen LogP contribution < -0.4 is 0 Å². The van der Waals surface area contributed by atoms with E-state index in [0.717, 1.165) is 68.2 Å². The van der Waals surface area contributed by atoms with Gasteiger partial charge in [-0.25, -0.2) is 24.9 Å². The highest BCUT2D eigenvalue weighted by atomic mass is 32.1. The molecule has 8 aromatic carbocycles. The number of para-hydroxylation sites is 3. The minimum atomic E-state index is 0.775. The van der Waals surface area contributed by atoms with E-state index in [1.54, 1.807) is 0 Å². The van der Waals surface area contributed by atoms with Crippen molar-refractivity contribution in [2.24, 2.45) is 7.05 Å². The van der Waals surface area contributed by atoms with Gasteiger partial charge in [0.2, 0.25) is 0 Å². The van der Waals surface area contributed by atoms with Crippen LogP contribution in [0.4, 0.5) is 0 Å². The highest BCUT2D eigenvalue weighted by Gasteiger charge is 2.07. The van der Waals surface area contributed by atoms with Gasteiger partial charge in [-0.15, -0.1) is 11.3 Å². The molecule has 0 radical (unpaired) electrons. The molecular weight excluding hydrogens is 1350 g/mol. The highest BCUT2D eigenvalue weighted by molar-refractivity contribution is 7.11. The first kappa shape index (κ1) is 103. The van der Waals surface area contributed by atoms with Gasteiger partial charge in [-0.2, -0.15) is 0 Å². The first-order chi connectivity index (χ1) is 52.7. The van der Waals surface area contributed by atoms with E-state index in [1.807, 2.05) is 260 Å². The van der Waals surface area contributed by atoms with Crippen LogP contribution in [0.3, 0.4) is 0 Å². The third-order valence-corrected chi connectivity index (χ3v) is 15.7. The number of pyridine rings is 2. The lowest BCUT2D eigenvalue weighted by Gasteiger charge is -2.05. The second kappa shape index (κ2) is 61.2. The smallest absolute Gasteiger partial charge is 0.129 e. The Balaban J connectivity index is -0.00000115.